The zero-order valence-corrected chi connectivity index (χ0v) is 14.3. The summed E-state index contributed by atoms with van der Waals surface area (Å²) >= 11 is 0. The van der Waals surface area contributed by atoms with Gasteiger partial charge in [0.05, 0.1) is 11.8 Å². The van der Waals surface area contributed by atoms with Crippen molar-refractivity contribution in [3.63, 3.8) is 0 Å². The number of carbonyl (C=O) groups is 2. The van der Waals surface area contributed by atoms with Crippen molar-refractivity contribution in [2.24, 2.45) is 11.8 Å². The minimum Gasteiger partial charge on any atom is -0.266 e. The molecule has 0 aliphatic rings. The summed E-state index contributed by atoms with van der Waals surface area (Å²) in [7, 11) is 0. The Hall–Kier alpha value is -1.14. The number of carbonyl (C=O) groups excluding carboxylic acids is 2. The quantitative estimate of drug-likeness (QED) is 0.287. The molecule has 0 radical (unpaired) electrons. The second kappa shape index (κ2) is 13.5. The Balaban J connectivity index is 3.94. The van der Waals surface area contributed by atoms with E-state index in [9.17, 15) is 9.59 Å². The molecule has 0 saturated heterocycles. The molecule has 0 aliphatic heterocycles. The van der Waals surface area contributed by atoms with Crippen LogP contribution < -0.4 is 0 Å². The molecular formula is C16H30O6. The third-order valence-electron chi connectivity index (χ3n) is 3.72. The topological polar surface area (TPSA) is 71.1 Å². The van der Waals surface area contributed by atoms with Gasteiger partial charge in [-0.3, -0.25) is 9.78 Å². The summed E-state index contributed by atoms with van der Waals surface area (Å²) in [6, 6.07) is 0. The molecule has 6 heteroatoms. The van der Waals surface area contributed by atoms with Crippen LogP contribution in [0, 0.1) is 11.8 Å². The zero-order chi connectivity index (χ0) is 16.8. The Morgan fingerprint density at radius 1 is 0.727 bits per heavy atom. The zero-order valence-electron chi connectivity index (χ0n) is 14.3. The minimum absolute atomic E-state index is 0.229. The Morgan fingerprint density at radius 3 is 1.36 bits per heavy atom. The lowest BCUT2D eigenvalue weighted by atomic mass is 10.00. The summed E-state index contributed by atoms with van der Waals surface area (Å²) in [5.74, 6) is -1.48. The predicted octanol–water partition coefficient (Wildman–Crippen LogP) is 4.28. The predicted molar refractivity (Wildman–Crippen MR) is 81.0 cm³/mol. The van der Waals surface area contributed by atoms with E-state index in [0.29, 0.717) is 12.8 Å². The van der Waals surface area contributed by atoms with Gasteiger partial charge in [-0.1, -0.05) is 53.4 Å². The van der Waals surface area contributed by atoms with Crippen LogP contribution in [0.15, 0.2) is 0 Å². The van der Waals surface area contributed by atoms with Gasteiger partial charge in [-0.25, -0.2) is 9.59 Å². The summed E-state index contributed by atoms with van der Waals surface area (Å²) < 4.78 is 0. The fraction of sp³-hybridized carbons (Fsp3) is 0.875. The van der Waals surface area contributed by atoms with Crippen molar-refractivity contribution in [1.82, 2.24) is 0 Å². The van der Waals surface area contributed by atoms with E-state index < -0.39 is 11.9 Å². The molecule has 130 valence electrons. The van der Waals surface area contributed by atoms with E-state index in [0.717, 1.165) is 38.5 Å². The van der Waals surface area contributed by atoms with E-state index in [-0.39, 0.29) is 11.8 Å². The smallest absolute Gasteiger partial charge is 0.266 e. The van der Waals surface area contributed by atoms with Gasteiger partial charge >= 0.3 is 11.9 Å². The summed E-state index contributed by atoms with van der Waals surface area (Å²) in [4.78, 5) is 32.4. The third-order valence-corrected chi connectivity index (χ3v) is 3.72. The Bertz CT molecular complexity index is 275. The van der Waals surface area contributed by atoms with Gasteiger partial charge in [-0.2, -0.15) is 0 Å². The van der Waals surface area contributed by atoms with Crippen LogP contribution in [0.4, 0.5) is 0 Å². The first-order valence-corrected chi connectivity index (χ1v) is 8.36. The molecule has 0 aromatic carbocycles. The summed E-state index contributed by atoms with van der Waals surface area (Å²) in [6.07, 6.45) is 6.71. The van der Waals surface area contributed by atoms with Crippen molar-refractivity contribution in [3.05, 3.63) is 0 Å². The first-order chi connectivity index (χ1) is 10.6. The highest BCUT2D eigenvalue weighted by Gasteiger charge is 2.21. The number of hydrogen-bond donors (Lipinski definition) is 0. The third kappa shape index (κ3) is 9.00. The highest BCUT2D eigenvalue weighted by atomic mass is 17.7. The van der Waals surface area contributed by atoms with Crippen LogP contribution in [0.2, 0.25) is 0 Å². The van der Waals surface area contributed by atoms with Gasteiger partial charge in [-0.15, -0.1) is 0 Å². The van der Waals surface area contributed by atoms with Crippen LogP contribution >= 0.6 is 0 Å². The lowest BCUT2D eigenvalue weighted by Crippen LogP contribution is -2.20. The first kappa shape index (κ1) is 20.9. The first-order valence-electron chi connectivity index (χ1n) is 8.36. The summed E-state index contributed by atoms with van der Waals surface area (Å²) in [5.41, 5.74) is 0. The SMILES string of the molecule is CCCCC(CC)C(=O)OOOOC(=O)C(CC)CCCC. The fourth-order valence-electron chi connectivity index (χ4n) is 2.11. The highest BCUT2D eigenvalue weighted by Crippen LogP contribution is 2.16. The van der Waals surface area contributed by atoms with Crippen LogP contribution in [0.1, 0.15) is 79.1 Å². The largest absolute Gasteiger partial charge is 0.348 e. The number of hydrogen-bond acceptors (Lipinski definition) is 6. The maximum absolute atomic E-state index is 11.7. The normalized spacial score (nSPS) is 13.5. The van der Waals surface area contributed by atoms with Crippen LogP contribution in [0.5, 0.6) is 0 Å². The van der Waals surface area contributed by atoms with Crippen molar-refractivity contribution in [3.8, 4) is 0 Å². The van der Waals surface area contributed by atoms with Crippen molar-refractivity contribution in [1.29, 1.82) is 0 Å². The van der Waals surface area contributed by atoms with Crippen LogP contribution in [-0.2, 0) is 29.4 Å². The molecule has 22 heavy (non-hydrogen) atoms. The minimum atomic E-state index is -0.509. The van der Waals surface area contributed by atoms with Crippen LogP contribution in [0.25, 0.3) is 0 Å². The van der Waals surface area contributed by atoms with E-state index in [1.165, 1.54) is 0 Å². The molecule has 0 fully saturated rings. The maximum atomic E-state index is 11.7. The van der Waals surface area contributed by atoms with Gasteiger partial charge in [0, 0.05) is 10.1 Å². The van der Waals surface area contributed by atoms with E-state index in [4.69, 9.17) is 0 Å². The molecule has 0 heterocycles. The second-order valence-electron chi connectivity index (χ2n) is 5.44. The Morgan fingerprint density at radius 2 is 1.09 bits per heavy atom. The molecule has 0 amide bonds. The Labute approximate surface area is 133 Å². The molecule has 6 nitrogen and oxygen atoms in total. The fourth-order valence-corrected chi connectivity index (χ4v) is 2.11. The monoisotopic (exact) mass is 318 g/mol. The van der Waals surface area contributed by atoms with Crippen LogP contribution in [0.3, 0.4) is 0 Å². The van der Waals surface area contributed by atoms with Gasteiger partial charge in [0.15, 0.2) is 0 Å². The Kier molecular flexibility index (Phi) is 12.8. The van der Waals surface area contributed by atoms with Gasteiger partial charge in [0.1, 0.15) is 0 Å². The molecule has 0 saturated carbocycles. The molecule has 0 spiro atoms. The van der Waals surface area contributed by atoms with Crippen molar-refractivity contribution in [2.45, 2.75) is 79.1 Å². The van der Waals surface area contributed by atoms with E-state index in [2.05, 4.69) is 33.7 Å². The molecule has 0 N–H and O–H groups in total. The van der Waals surface area contributed by atoms with Crippen molar-refractivity contribution < 1.29 is 29.4 Å². The standard InChI is InChI=1S/C16H30O6/c1-5-9-11-13(7-3)15(17)19-21-22-20-16(18)14(8-4)12-10-6-2/h13-14H,5-12H2,1-4H3. The maximum Gasteiger partial charge on any atom is 0.348 e. The van der Waals surface area contributed by atoms with E-state index in [1.807, 2.05) is 13.8 Å². The van der Waals surface area contributed by atoms with Gasteiger partial charge in [-0.05, 0) is 25.7 Å². The molecule has 0 bridgehead atoms. The molecular weight excluding hydrogens is 288 g/mol. The van der Waals surface area contributed by atoms with Gasteiger partial charge in [0.2, 0.25) is 0 Å². The molecule has 0 aliphatic carbocycles. The summed E-state index contributed by atoms with van der Waals surface area (Å²) in [5, 5.41) is 8.47. The molecule has 0 rings (SSSR count). The van der Waals surface area contributed by atoms with Crippen molar-refractivity contribution >= 4 is 11.9 Å². The highest BCUT2D eigenvalue weighted by molar-refractivity contribution is 5.72. The van der Waals surface area contributed by atoms with Crippen LogP contribution in [-0.4, -0.2) is 11.9 Å². The molecule has 2 atom stereocenters. The molecule has 0 aromatic rings. The van der Waals surface area contributed by atoms with E-state index in [1.54, 1.807) is 0 Å². The average Bonchev–Trinajstić information content (AvgIpc) is 2.53. The number of unbranched alkanes of at least 4 members (excludes halogenated alkanes) is 2. The lowest BCUT2D eigenvalue weighted by molar-refractivity contribution is -0.601. The average molecular weight is 318 g/mol. The van der Waals surface area contributed by atoms with Gasteiger partial charge in [0.25, 0.3) is 0 Å². The lowest BCUT2D eigenvalue weighted by Gasteiger charge is -2.12. The molecule has 2 unspecified atom stereocenters. The van der Waals surface area contributed by atoms with Crippen molar-refractivity contribution in [2.75, 3.05) is 0 Å². The second-order valence-corrected chi connectivity index (χ2v) is 5.44. The van der Waals surface area contributed by atoms with Gasteiger partial charge < -0.3 is 0 Å². The molecule has 0 aromatic heterocycles. The van der Waals surface area contributed by atoms with E-state index >= 15 is 0 Å². The summed E-state index contributed by atoms with van der Waals surface area (Å²) in [6.45, 7) is 7.92. The number of rotatable bonds is 13.